The van der Waals surface area contributed by atoms with Gasteiger partial charge in [-0.1, -0.05) is 38.6 Å². The predicted molar refractivity (Wildman–Crippen MR) is 139 cm³/mol. The molecule has 204 valence electrons. The van der Waals surface area contributed by atoms with Gasteiger partial charge in [0.05, 0.1) is 40.9 Å². The molecule has 0 spiro atoms. The van der Waals surface area contributed by atoms with Crippen molar-refractivity contribution in [1.82, 2.24) is 0 Å². The summed E-state index contributed by atoms with van der Waals surface area (Å²) in [5, 5.41) is 0. The van der Waals surface area contributed by atoms with E-state index in [0.717, 1.165) is 0 Å². The van der Waals surface area contributed by atoms with Gasteiger partial charge in [-0.15, -0.1) is 0 Å². The van der Waals surface area contributed by atoms with E-state index in [1.54, 1.807) is 18.2 Å². The minimum Gasteiger partial charge on any atom is -0.462 e. The molecule has 1 atom stereocenters. The van der Waals surface area contributed by atoms with Crippen molar-refractivity contribution in [3.05, 3.63) is 83.4 Å². The van der Waals surface area contributed by atoms with E-state index < -0.39 is 29.3 Å². The van der Waals surface area contributed by atoms with Crippen molar-refractivity contribution in [2.75, 3.05) is 40.1 Å². The van der Waals surface area contributed by atoms with Crippen molar-refractivity contribution in [2.24, 2.45) is 5.41 Å². The molecule has 9 nitrogen and oxygen atoms in total. The summed E-state index contributed by atoms with van der Waals surface area (Å²) in [5.41, 5.74) is -0.0105. The number of ether oxygens (including phenoxy) is 5. The summed E-state index contributed by atoms with van der Waals surface area (Å²) in [6.07, 6.45) is 2.60. The van der Waals surface area contributed by atoms with Crippen molar-refractivity contribution in [3.63, 3.8) is 0 Å². The molecule has 0 amide bonds. The monoisotopic (exact) mass is 526 g/mol. The number of esters is 4. The highest BCUT2D eigenvalue weighted by molar-refractivity contribution is 5.96. The van der Waals surface area contributed by atoms with Gasteiger partial charge in [0.1, 0.15) is 19.8 Å². The lowest BCUT2D eigenvalue weighted by molar-refractivity contribution is -0.0389. The normalized spacial score (nSPS) is 12.1. The van der Waals surface area contributed by atoms with Crippen LogP contribution in [0.3, 0.4) is 0 Å². The molecule has 2 aromatic carbocycles. The molecule has 2 aromatic rings. The summed E-state index contributed by atoms with van der Waals surface area (Å²) in [4.78, 5) is 49.7. The van der Waals surface area contributed by atoms with Gasteiger partial charge in [-0.05, 0) is 49.2 Å². The van der Waals surface area contributed by atoms with Crippen LogP contribution in [0.25, 0.3) is 0 Å². The summed E-state index contributed by atoms with van der Waals surface area (Å²) in [7, 11) is 1.50. The van der Waals surface area contributed by atoms with Crippen molar-refractivity contribution in [3.8, 4) is 0 Å². The van der Waals surface area contributed by atoms with Gasteiger partial charge in [-0.2, -0.15) is 0 Å². The minimum absolute atomic E-state index is 0.0511. The second-order valence-electron chi connectivity index (χ2n) is 8.62. The molecule has 0 heterocycles. The summed E-state index contributed by atoms with van der Waals surface area (Å²) >= 11 is 0. The van der Waals surface area contributed by atoms with Gasteiger partial charge in [0.25, 0.3) is 0 Å². The van der Waals surface area contributed by atoms with E-state index in [0.29, 0.717) is 12.8 Å². The summed E-state index contributed by atoms with van der Waals surface area (Å²) in [6, 6.07) is 12.1. The zero-order valence-electron chi connectivity index (χ0n) is 22.0. The van der Waals surface area contributed by atoms with Crippen LogP contribution in [0.15, 0.2) is 61.2 Å². The maximum absolute atomic E-state index is 12.8. The van der Waals surface area contributed by atoms with Gasteiger partial charge >= 0.3 is 23.9 Å². The lowest BCUT2D eigenvalue weighted by atomic mass is 9.88. The van der Waals surface area contributed by atoms with Crippen LogP contribution in [0.1, 0.15) is 68.1 Å². The fourth-order valence-corrected chi connectivity index (χ4v) is 3.38. The molecule has 0 bridgehead atoms. The van der Waals surface area contributed by atoms with Crippen LogP contribution < -0.4 is 0 Å². The SMILES string of the molecule is C=CCOC(=O)c1cccc(C(=O)OCC(CC)(COC)COC(=O)c2cccc(C(=O)OCCC)c2)c1. The molecule has 0 aromatic heterocycles. The maximum atomic E-state index is 12.8. The van der Waals surface area contributed by atoms with Crippen molar-refractivity contribution in [2.45, 2.75) is 26.7 Å². The Morgan fingerprint density at radius 1 is 0.737 bits per heavy atom. The van der Waals surface area contributed by atoms with Crippen LogP contribution in [0.5, 0.6) is 0 Å². The summed E-state index contributed by atoms with van der Waals surface area (Å²) < 4.78 is 26.5. The Bertz CT molecular complexity index is 1120. The second kappa shape index (κ2) is 15.3. The van der Waals surface area contributed by atoms with Crippen LogP contribution in [-0.4, -0.2) is 64.0 Å². The van der Waals surface area contributed by atoms with Crippen molar-refractivity contribution >= 4 is 23.9 Å². The number of methoxy groups -OCH3 is 1. The Hall–Kier alpha value is -3.98. The van der Waals surface area contributed by atoms with Gasteiger partial charge in [0.2, 0.25) is 0 Å². The van der Waals surface area contributed by atoms with Gasteiger partial charge in [0.15, 0.2) is 0 Å². The van der Waals surface area contributed by atoms with E-state index in [9.17, 15) is 19.2 Å². The largest absolute Gasteiger partial charge is 0.462 e. The van der Waals surface area contributed by atoms with E-state index in [-0.39, 0.29) is 55.3 Å². The molecule has 0 aliphatic rings. The molecule has 0 fully saturated rings. The van der Waals surface area contributed by atoms with Crippen LogP contribution in [0.4, 0.5) is 0 Å². The molecule has 38 heavy (non-hydrogen) atoms. The minimum atomic E-state index is -0.821. The fraction of sp³-hybridized carbons (Fsp3) is 0.379. The van der Waals surface area contributed by atoms with E-state index in [2.05, 4.69) is 6.58 Å². The van der Waals surface area contributed by atoms with Crippen LogP contribution in [0.2, 0.25) is 0 Å². The standard InChI is InChI=1S/C29H34O9/c1-5-14-35-25(30)21-10-8-12-23(16-21)27(32)37-19-29(7-3,18-34-4)20-38-28(33)24-13-9-11-22(17-24)26(31)36-15-6-2/h5,8-13,16-17H,1,6-7,14-15,18-20H2,2-4H3. The topological polar surface area (TPSA) is 114 Å². The van der Waals surface area contributed by atoms with E-state index >= 15 is 0 Å². The Kier molecular flexibility index (Phi) is 12.2. The first kappa shape index (κ1) is 30.2. The Balaban J connectivity index is 2.07. The molecular formula is C29H34O9. The predicted octanol–water partition coefficient (Wildman–Crippen LogP) is 4.65. The molecule has 9 heteroatoms. The van der Waals surface area contributed by atoms with Crippen molar-refractivity contribution in [1.29, 1.82) is 0 Å². The fourth-order valence-electron chi connectivity index (χ4n) is 3.38. The number of hydrogen-bond donors (Lipinski definition) is 0. The average Bonchev–Trinajstić information content (AvgIpc) is 2.95. The molecule has 1 unspecified atom stereocenters. The third kappa shape index (κ3) is 8.85. The van der Waals surface area contributed by atoms with Crippen molar-refractivity contribution < 1.29 is 42.9 Å². The highest BCUT2D eigenvalue weighted by atomic mass is 16.6. The third-order valence-electron chi connectivity index (χ3n) is 5.66. The maximum Gasteiger partial charge on any atom is 0.338 e. The lowest BCUT2D eigenvalue weighted by Gasteiger charge is -2.30. The molecule has 0 N–H and O–H groups in total. The van der Waals surface area contributed by atoms with Crippen LogP contribution in [-0.2, 0) is 23.7 Å². The smallest absolute Gasteiger partial charge is 0.338 e. The molecule has 2 rings (SSSR count). The zero-order valence-corrected chi connectivity index (χ0v) is 22.0. The molecule has 0 saturated carbocycles. The van der Waals surface area contributed by atoms with E-state index in [1.807, 2.05) is 13.8 Å². The molecule has 0 aliphatic carbocycles. The Morgan fingerprint density at radius 3 is 1.58 bits per heavy atom. The summed E-state index contributed by atoms with van der Waals surface area (Å²) in [6.45, 7) is 7.54. The second-order valence-corrected chi connectivity index (χ2v) is 8.62. The highest BCUT2D eigenvalue weighted by Gasteiger charge is 2.33. The zero-order chi connectivity index (χ0) is 28.0. The van der Waals surface area contributed by atoms with Crippen LogP contribution in [0, 0.1) is 5.41 Å². The number of carbonyl (C=O) groups excluding carboxylic acids is 4. The number of benzene rings is 2. The first-order valence-corrected chi connectivity index (χ1v) is 12.3. The average molecular weight is 527 g/mol. The lowest BCUT2D eigenvalue weighted by Crippen LogP contribution is -2.38. The molecule has 0 saturated heterocycles. The Labute approximate surface area is 222 Å². The van der Waals surface area contributed by atoms with Gasteiger partial charge in [-0.3, -0.25) is 0 Å². The van der Waals surface area contributed by atoms with Gasteiger partial charge in [-0.25, -0.2) is 19.2 Å². The van der Waals surface area contributed by atoms with E-state index in [4.69, 9.17) is 23.7 Å². The van der Waals surface area contributed by atoms with Crippen LogP contribution >= 0.6 is 0 Å². The van der Waals surface area contributed by atoms with E-state index in [1.165, 1.54) is 43.5 Å². The number of hydrogen-bond acceptors (Lipinski definition) is 9. The highest BCUT2D eigenvalue weighted by Crippen LogP contribution is 2.25. The summed E-state index contributed by atoms with van der Waals surface area (Å²) in [5.74, 6) is -2.40. The first-order valence-electron chi connectivity index (χ1n) is 12.3. The van der Waals surface area contributed by atoms with Gasteiger partial charge in [0, 0.05) is 7.11 Å². The molecule has 0 aliphatic heterocycles. The number of carbonyl (C=O) groups is 4. The molecule has 0 radical (unpaired) electrons. The number of rotatable bonds is 15. The van der Waals surface area contributed by atoms with Gasteiger partial charge < -0.3 is 23.7 Å². The first-order chi connectivity index (χ1) is 18.3. The molecular weight excluding hydrogens is 492 g/mol. The quantitative estimate of drug-likeness (QED) is 0.186. The third-order valence-corrected chi connectivity index (χ3v) is 5.66. The Morgan fingerprint density at radius 2 is 1.18 bits per heavy atom.